The molecule has 0 heterocycles. The van der Waals surface area contributed by atoms with Gasteiger partial charge < -0.3 is 15.5 Å². The molecule has 0 fully saturated rings. The summed E-state index contributed by atoms with van der Waals surface area (Å²) in [7, 11) is 3.80. The van der Waals surface area contributed by atoms with Crippen molar-refractivity contribution in [3.63, 3.8) is 0 Å². The van der Waals surface area contributed by atoms with Gasteiger partial charge in [0.25, 0.3) is 0 Å². The molecule has 2 amide bonds. The lowest BCUT2D eigenvalue weighted by atomic mass is 10.1. The Morgan fingerprint density at radius 1 is 1.25 bits per heavy atom. The first-order valence-corrected chi connectivity index (χ1v) is 8.45. The molecular formula is C17H18BrClFN3O. The second-order valence-corrected chi connectivity index (χ2v) is 6.81. The predicted molar refractivity (Wildman–Crippen MR) is 99.0 cm³/mol. The first-order valence-electron chi connectivity index (χ1n) is 7.28. The van der Waals surface area contributed by atoms with Crippen molar-refractivity contribution in [2.45, 2.75) is 6.04 Å². The summed E-state index contributed by atoms with van der Waals surface area (Å²) < 4.78 is 13.9. The van der Waals surface area contributed by atoms with E-state index in [2.05, 4.69) is 26.6 Å². The van der Waals surface area contributed by atoms with Crippen molar-refractivity contribution in [2.24, 2.45) is 0 Å². The zero-order chi connectivity index (χ0) is 17.7. The fraction of sp³-hybridized carbons (Fsp3) is 0.235. The third-order valence-electron chi connectivity index (χ3n) is 3.51. The first kappa shape index (κ1) is 18.7. The summed E-state index contributed by atoms with van der Waals surface area (Å²) in [5, 5.41) is 5.97. The highest BCUT2D eigenvalue weighted by atomic mass is 79.9. The minimum atomic E-state index is -0.354. The van der Waals surface area contributed by atoms with Gasteiger partial charge in [-0.3, -0.25) is 0 Å². The average Bonchev–Trinajstić information content (AvgIpc) is 2.52. The molecule has 0 spiro atoms. The number of hydrogen-bond acceptors (Lipinski definition) is 2. The van der Waals surface area contributed by atoms with Crippen molar-refractivity contribution in [1.82, 2.24) is 10.2 Å². The van der Waals surface area contributed by atoms with Crippen molar-refractivity contribution >= 4 is 39.2 Å². The number of nitrogens with zero attached hydrogens (tertiary/aromatic N) is 1. The van der Waals surface area contributed by atoms with Crippen LogP contribution in [0.15, 0.2) is 46.9 Å². The maximum absolute atomic E-state index is 13.1. The summed E-state index contributed by atoms with van der Waals surface area (Å²) in [6.07, 6.45) is 0. The Kier molecular flexibility index (Phi) is 6.60. The van der Waals surface area contributed by atoms with E-state index in [0.29, 0.717) is 17.3 Å². The van der Waals surface area contributed by atoms with Gasteiger partial charge in [-0.15, -0.1) is 0 Å². The topological polar surface area (TPSA) is 44.4 Å². The van der Waals surface area contributed by atoms with Crippen LogP contribution in [0.4, 0.5) is 14.9 Å². The predicted octanol–water partition coefficient (Wildman–Crippen LogP) is 4.67. The van der Waals surface area contributed by atoms with Gasteiger partial charge in [0.1, 0.15) is 5.82 Å². The third-order valence-corrected chi connectivity index (χ3v) is 4.32. The van der Waals surface area contributed by atoms with Crippen LogP contribution in [0, 0.1) is 5.82 Å². The molecule has 0 radical (unpaired) electrons. The molecule has 2 aromatic rings. The van der Waals surface area contributed by atoms with Crippen LogP contribution < -0.4 is 10.6 Å². The monoisotopic (exact) mass is 413 g/mol. The Balaban J connectivity index is 1.98. The normalized spacial score (nSPS) is 12.1. The number of urea groups is 1. The van der Waals surface area contributed by atoms with E-state index in [1.807, 2.05) is 19.0 Å². The number of likely N-dealkylation sites (N-methyl/N-ethyl adjacent to an activating group) is 1. The van der Waals surface area contributed by atoms with Crippen LogP contribution in [0.2, 0.25) is 5.02 Å². The Morgan fingerprint density at radius 3 is 2.50 bits per heavy atom. The van der Waals surface area contributed by atoms with E-state index in [0.717, 1.165) is 10.0 Å². The molecule has 0 saturated carbocycles. The lowest BCUT2D eigenvalue weighted by Gasteiger charge is -2.25. The second kappa shape index (κ2) is 8.46. The fourth-order valence-corrected chi connectivity index (χ4v) is 2.95. The molecule has 4 nitrogen and oxygen atoms in total. The van der Waals surface area contributed by atoms with Gasteiger partial charge in [-0.05, 0) is 50.0 Å². The van der Waals surface area contributed by atoms with E-state index in [1.165, 1.54) is 12.1 Å². The van der Waals surface area contributed by atoms with Gasteiger partial charge in [0.15, 0.2) is 0 Å². The average molecular weight is 415 g/mol. The summed E-state index contributed by atoms with van der Waals surface area (Å²) in [6.45, 7) is 0.374. The highest BCUT2D eigenvalue weighted by Gasteiger charge is 2.15. The molecule has 7 heteroatoms. The molecule has 2 aromatic carbocycles. The summed E-state index contributed by atoms with van der Waals surface area (Å²) in [6, 6.07) is 11.0. The Labute approximate surface area is 154 Å². The molecule has 0 aliphatic heterocycles. The van der Waals surface area contributed by atoms with Crippen molar-refractivity contribution in [1.29, 1.82) is 0 Å². The maximum atomic E-state index is 13.1. The summed E-state index contributed by atoms with van der Waals surface area (Å²) >= 11 is 9.40. The Bertz CT molecular complexity index is 709. The molecule has 0 saturated heterocycles. The van der Waals surface area contributed by atoms with Gasteiger partial charge in [0, 0.05) is 11.0 Å². The van der Waals surface area contributed by atoms with E-state index < -0.39 is 0 Å². The standard InChI is InChI=1S/C17H18BrClFN3O/c1-23(2)16(11-3-6-13(20)7-4-11)10-21-17(24)22-15-8-5-12(18)9-14(15)19/h3-9,16H,10H2,1-2H3,(H2,21,22,24). The SMILES string of the molecule is CN(C)C(CNC(=O)Nc1ccc(Br)cc1Cl)c1ccc(F)cc1. The highest BCUT2D eigenvalue weighted by molar-refractivity contribution is 9.10. The van der Waals surface area contributed by atoms with Crippen molar-refractivity contribution < 1.29 is 9.18 Å². The van der Waals surface area contributed by atoms with E-state index in [4.69, 9.17) is 11.6 Å². The third kappa shape index (κ3) is 5.19. The van der Waals surface area contributed by atoms with Crippen molar-refractivity contribution in [2.75, 3.05) is 26.0 Å². The molecule has 24 heavy (non-hydrogen) atoms. The van der Waals surface area contributed by atoms with Gasteiger partial charge in [-0.1, -0.05) is 39.7 Å². The van der Waals surface area contributed by atoms with E-state index in [-0.39, 0.29) is 17.9 Å². The van der Waals surface area contributed by atoms with E-state index >= 15 is 0 Å². The quantitative estimate of drug-likeness (QED) is 0.747. The molecule has 0 aliphatic rings. The largest absolute Gasteiger partial charge is 0.336 e. The zero-order valence-electron chi connectivity index (χ0n) is 13.3. The molecule has 128 valence electrons. The summed E-state index contributed by atoms with van der Waals surface area (Å²) in [4.78, 5) is 14.0. The van der Waals surface area contributed by atoms with Gasteiger partial charge in [-0.2, -0.15) is 0 Å². The van der Waals surface area contributed by atoms with E-state index in [9.17, 15) is 9.18 Å². The number of benzene rings is 2. The summed E-state index contributed by atoms with van der Waals surface area (Å²) in [5.41, 5.74) is 1.45. The number of hydrogen-bond donors (Lipinski definition) is 2. The first-order chi connectivity index (χ1) is 11.4. The Morgan fingerprint density at radius 2 is 1.92 bits per heavy atom. The molecular weight excluding hydrogens is 397 g/mol. The van der Waals surface area contributed by atoms with Crippen molar-refractivity contribution in [3.05, 3.63) is 63.3 Å². The number of amides is 2. The Hall–Kier alpha value is -1.63. The van der Waals surface area contributed by atoms with Crippen LogP contribution in [0.1, 0.15) is 11.6 Å². The maximum Gasteiger partial charge on any atom is 0.319 e. The van der Waals surface area contributed by atoms with Crippen molar-refractivity contribution in [3.8, 4) is 0 Å². The zero-order valence-corrected chi connectivity index (χ0v) is 15.7. The molecule has 0 aromatic heterocycles. The fourth-order valence-electron chi connectivity index (χ4n) is 2.23. The second-order valence-electron chi connectivity index (χ2n) is 5.49. The van der Waals surface area contributed by atoms with Crippen LogP contribution in [-0.4, -0.2) is 31.6 Å². The lowest BCUT2D eigenvalue weighted by molar-refractivity contribution is 0.243. The minimum Gasteiger partial charge on any atom is -0.336 e. The van der Waals surface area contributed by atoms with Crippen LogP contribution in [0.5, 0.6) is 0 Å². The number of carbonyl (C=O) groups is 1. The van der Waals surface area contributed by atoms with Crippen LogP contribution in [-0.2, 0) is 0 Å². The minimum absolute atomic E-state index is 0.0725. The van der Waals surface area contributed by atoms with Crippen LogP contribution >= 0.6 is 27.5 Å². The molecule has 1 unspecified atom stereocenters. The van der Waals surface area contributed by atoms with Crippen LogP contribution in [0.25, 0.3) is 0 Å². The van der Waals surface area contributed by atoms with Gasteiger partial charge in [0.2, 0.25) is 0 Å². The number of halogens is 3. The molecule has 2 N–H and O–H groups in total. The van der Waals surface area contributed by atoms with E-state index in [1.54, 1.807) is 30.3 Å². The van der Waals surface area contributed by atoms with Gasteiger partial charge in [0.05, 0.1) is 16.8 Å². The number of rotatable bonds is 5. The number of nitrogens with one attached hydrogen (secondary N) is 2. The number of anilines is 1. The molecule has 0 bridgehead atoms. The lowest BCUT2D eigenvalue weighted by Crippen LogP contribution is -2.36. The molecule has 1 atom stereocenters. The van der Waals surface area contributed by atoms with Gasteiger partial charge >= 0.3 is 6.03 Å². The number of carbonyl (C=O) groups excluding carboxylic acids is 1. The smallest absolute Gasteiger partial charge is 0.319 e. The summed E-state index contributed by atoms with van der Waals surface area (Å²) in [5.74, 6) is -0.285. The molecule has 2 rings (SSSR count). The highest BCUT2D eigenvalue weighted by Crippen LogP contribution is 2.25. The molecule has 0 aliphatic carbocycles. The van der Waals surface area contributed by atoms with Gasteiger partial charge in [-0.25, -0.2) is 9.18 Å². The van der Waals surface area contributed by atoms with Crippen LogP contribution in [0.3, 0.4) is 0 Å².